The third-order valence-electron chi connectivity index (χ3n) is 3.93. The highest BCUT2D eigenvalue weighted by Gasteiger charge is 2.32. The first-order valence-corrected chi connectivity index (χ1v) is 6.43. The molecular weight excluding hydrogens is 180 g/mol. The van der Waals surface area contributed by atoms with E-state index < -0.39 is 0 Å². The molecule has 1 aromatic rings. The lowest BCUT2D eigenvalue weighted by Crippen LogP contribution is -2.28. The van der Waals surface area contributed by atoms with Crippen LogP contribution < -0.4 is 0 Å². The molecule has 0 amide bonds. The van der Waals surface area contributed by atoms with Crippen LogP contribution in [0.4, 0.5) is 0 Å². The van der Waals surface area contributed by atoms with Gasteiger partial charge in [0.25, 0.3) is 0 Å². The molecule has 82 valence electrons. The Morgan fingerprint density at radius 1 is 1.00 bits per heavy atom. The molecule has 0 aliphatic heterocycles. The first kappa shape index (κ1) is 10.7. The van der Waals surface area contributed by atoms with Crippen molar-refractivity contribution in [2.45, 2.75) is 57.3 Å². The summed E-state index contributed by atoms with van der Waals surface area (Å²) in [6, 6.07) is 11.2. The summed E-state index contributed by atoms with van der Waals surface area (Å²) in [4.78, 5) is 0. The van der Waals surface area contributed by atoms with Gasteiger partial charge in [-0.1, -0.05) is 62.9 Å². The molecule has 0 atom stereocenters. The molecular formula is C15H22. The van der Waals surface area contributed by atoms with Crippen LogP contribution in [0.3, 0.4) is 0 Å². The highest BCUT2D eigenvalue weighted by atomic mass is 14.4. The van der Waals surface area contributed by atoms with Crippen LogP contribution in [0.1, 0.15) is 57.4 Å². The zero-order valence-corrected chi connectivity index (χ0v) is 9.84. The maximum absolute atomic E-state index is 2.33. The number of rotatable bonds is 3. The van der Waals surface area contributed by atoms with Gasteiger partial charge in [-0.3, -0.25) is 0 Å². The molecule has 1 aromatic carbocycles. The summed E-state index contributed by atoms with van der Waals surface area (Å²) >= 11 is 0. The molecule has 1 saturated carbocycles. The Morgan fingerprint density at radius 3 is 2.27 bits per heavy atom. The standard InChI is InChI=1S/C15H22/c1-2-11-15(12-7-4-8-13-15)14-9-5-3-6-10-14/h3,5-6,9-10H,2,4,7-8,11-13H2,1H3. The van der Waals surface area contributed by atoms with Crippen molar-refractivity contribution in [3.63, 3.8) is 0 Å². The van der Waals surface area contributed by atoms with E-state index in [9.17, 15) is 0 Å². The number of hydrogen-bond acceptors (Lipinski definition) is 0. The molecule has 0 aromatic heterocycles. The molecule has 0 saturated heterocycles. The minimum atomic E-state index is 0.522. The molecule has 0 N–H and O–H groups in total. The van der Waals surface area contributed by atoms with Crippen molar-refractivity contribution in [3.05, 3.63) is 35.9 Å². The van der Waals surface area contributed by atoms with E-state index in [1.807, 2.05) is 0 Å². The van der Waals surface area contributed by atoms with Crippen LogP contribution >= 0.6 is 0 Å². The normalized spacial score (nSPS) is 20.1. The molecule has 1 aliphatic rings. The molecule has 1 fully saturated rings. The lowest BCUT2D eigenvalue weighted by atomic mass is 9.67. The van der Waals surface area contributed by atoms with E-state index >= 15 is 0 Å². The highest BCUT2D eigenvalue weighted by molar-refractivity contribution is 5.25. The largest absolute Gasteiger partial charge is 0.0654 e. The first-order valence-electron chi connectivity index (χ1n) is 6.43. The van der Waals surface area contributed by atoms with Crippen molar-refractivity contribution in [2.75, 3.05) is 0 Å². The average molecular weight is 202 g/mol. The SMILES string of the molecule is CCCC1(c2ccccc2)CCCCC1. The second-order valence-corrected chi connectivity index (χ2v) is 4.96. The smallest absolute Gasteiger partial charge is 0.00471 e. The maximum atomic E-state index is 2.33. The summed E-state index contributed by atoms with van der Waals surface area (Å²) in [5.74, 6) is 0. The van der Waals surface area contributed by atoms with Crippen LogP contribution in [0.25, 0.3) is 0 Å². The number of benzene rings is 1. The second-order valence-electron chi connectivity index (χ2n) is 4.96. The van der Waals surface area contributed by atoms with Crippen molar-refractivity contribution in [2.24, 2.45) is 0 Å². The maximum Gasteiger partial charge on any atom is -0.00471 e. The minimum Gasteiger partial charge on any atom is -0.0654 e. The molecule has 1 aliphatic carbocycles. The fraction of sp³-hybridized carbons (Fsp3) is 0.600. The van der Waals surface area contributed by atoms with Gasteiger partial charge in [0.1, 0.15) is 0 Å². The molecule has 0 spiro atoms. The van der Waals surface area contributed by atoms with Crippen LogP contribution in [0, 0.1) is 0 Å². The van der Waals surface area contributed by atoms with Crippen LogP contribution in [-0.2, 0) is 5.41 Å². The van der Waals surface area contributed by atoms with Gasteiger partial charge in [0, 0.05) is 0 Å². The van der Waals surface area contributed by atoms with Crippen molar-refractivity contribution in [1.82, 2.24) is 0 Å². The topological polar surface area (TPSA) is 0 Å². The molecule has 15 heavy (non-hydrogen) atoms. The van der Waals surface area contributed by atoms with Crippen LogP contribution in [0.15, 0.2) is 30.3 Å². The Balaban J connectivity index is 2.25. The van der Waals surface area contributed by atoms with Crippen LogP contribution in [-0.4, -0.2) is 0 Å². The number of hydrogen-bond donors (Lipinski definition) is 0. The zero-order chi connectivity index (χ0) is 10.6. The average Bonchev–Trinajstić information content (AvgIpc) is 2.32. The third-order valence-corrected chi connectivity index (χ3v) is 3.93. The highest BCUT2D eigenvalue weighted by Crippen LogP contribution is 2.42. The molecule has 2 rings (SSSR count). The van der Waals surface area contributed by atoms with Gasteiger partial charge in [0.05, 0.1) is 0 Å². The third kappa shape index (κ3) is 2.25. The molecule has 0 nitrogen and oxygen atoms in total. The van der Waals surface area contributed by atoms with E-state index in [0.29, 0.717) is 5.41 Å². The van der Waals surface area contributed by atoms with Crippen molar-refractivity contribution in [1.29, 1.82) is 0 Å². The Morgan fingerprint density at radius 2 is 1.67 bits per heavy atom. The fourth-order valence-electron chi connectivity index (χ4n) is 3.18. The monoisotopic (exact) mass is 202 g/mol. The summed E-state index contributed by atoms with van der Waals surface area (Å²) in [7, 11) is 0. The van der Waals surface area contributed by atoms with Gasteiger partial charge < -0.3 is 0 Å². The Hall–Kier alpha value is -0.780. The first-order chi connectivity index (χ1) is 7.37. The quantitative estimate of drug-likeness (QED) is 0.667. The molecule has 0 heteroatoms. The van der Waals surface area contributed by atoms with E-state index in [1.54, 1.807) is 5.56 Å². The van der Waals surface area contributed by atoms with E-state index in [-0.39, 0.29) is 0 Å². The van der Waals surface area contributed by atoms with Gasteiger partial charge >= 0.3 is 0 Å². The fourth-order valence-corrected chi connectivity index (χ4v) is 3.18. The van der Waals surface area contributed by atoms with Gasteiger partial charge in [-0.15, -0.1) is 0 Å². The van der Waals surface area contributed by atoms with Crippen molar-refractivity contribution in [3.8, 4) is 0 Å². The lowest BCUT2D eigenvalue weighted by molar-refractivity contribution is 0.271. The van der Waals surface area contributed by atoms with Gasteiger partial charge in [-0.2, -0.15) is 0 Å². The molecule has 0 heterocycles. The predicted molar refractivity (Wildman–Crippen MR) is 66.1 cm³/mol. The van der Waals surface area contributed by atoms with Gasteiger partial charge in [-0.05, 0) is 30.2 Å². The Bertz CT molecular complexity index is 275. The summed E-state index contributed by atoms with van der Waals surface area (Å²) in [6.07, 6.45) is 9.80. The minimum absolute atomic E-state index is 0.522. The summed E-state index contributed by atoms with van der Waals surface area (Å²) in [6.45, 7) is 2.32. The molecule has 0 bridgehead atoms. The van der Waals surface area contributed by atoms with E-state index in [2.05, 4.69) is 37.3 Å². The summed E-state index contributed by atoms with van der Waals surface area (Å²) < 4.78 is 0. The Kier molecular flexibility index (Phi) is 3.45. The van der Waals surface area contributed by atoms with Crippen molar-refractivity contribution >= 4 is 0 Å². The second kappa shape index (κ2) is 4.83. The Labute approximate surface area is 93.7 Å². The van der Waals surface area contributed by atoms with E-state index in [0.717, 1.165) is 0 Å². The van der Waals surface area contributed by atoms with E-state index in [1.165, 1.54) is 44.9 Å². The van der Waals surface area contributed by atoms with Crippen LogP contribution in [0.5, 0.6) is 0 Å². The zero-order valence-electron chi connectivity index (χ0n) is 9.84. The predicted octanol–water partition coefficient (Wildman–Crippen LogP) is 4.69. The van der Waals surface area contributed by atoms with E-state index in [4.69, 9.17) is 0 Å². The van der Waals surface area contributed by atoms with Gasteiger partial charge in [-0.25, -0.2) is 0 Å². The summed E-state index contributed by atoms with van der Waals surface area (Å²) in [5, 5.41) is 0. The molecule has 0 radical (unpaired) electrons. The van der Waals surface area contributed by atoms with Crippen LogP contribution in [0.2, 0.25) is 0 Å². The van der Waals surface area contributed by atoms with Crippen molar-refractivity contribution < 1.29 is 0 Å². The molecule has 0 unspecified atom stereocenters. The summed E-state index contributed by atoms with van der Waals surface area (Å²) in [5.41, 5.74) is 2.11. The van der Waals surface area contributed by atoms with Gasteiger partial charge in [0.2, 0.25) is 0 Å². The van der Waals surface area contributed by atoms with Gasteiger partial charge in [0.15, 0.2) is 0 Å². The lowest BCUT2D eigenvalue weighted by Gasteiger charge is -2.38.